The molecule has 4 heteroatoms. The Hall–Kier alpha value is -1.32. The van der Waals surface area contributed by atoms with Gasteiger partial charge >= 0.3 is 0 Å². The average Bonchev–Trinajstić information content (AvgIpc) is 2.02. The Balaban J connectivity index is 0.000000461. The molecule has 62 valence electrons. The Kier molecular flexibility index (Phi) is 3.95. The molecule has 0 spiro atoms. The molecule has 1 heterocycles. The second kappa shape index (κ2) is 4.49. The van der Waals surface area contributed by atoms with Gasteiger partial charge in [0, 0.05) is 0 Å². The second-order valence-corrected chi connectivity index (χ2v) is 1.68. The second-order valence-electron chi connectivity index (χ2n) is 1.68. The molecule has 4 nitrogen and oxygen atoms in total. The monoisotopic (exact) mass is 156 g/mol. The predicted octanol–water partition coefficient (Wildman–Crippen LogP) is 0.810. The largest absolute Gasteiger partial charge is 0.502 e. The van der Waals surface area contributed by atoms with E-state index < -0.39 is 5.56 Å². The smallest absolute Gasteiger partial charge is 0.293 e. The summed E-state index contributed by atoms with van der Waals surface area (Å²) in [6.45, 7) is 5.64. The summed E-state index contributed by atoms with van der Waals surface area (Å²) in [7, 11) is 0. The molecule has 0 atom stereocenters. The Labute approximate surface area is 64.9 Å². The van der Waals surface area contributed by atoms with E-state index in [0.29, 0.717) is 5.82 Å². The maximum absolute atomic E-state index is 10.5. The van der Waals surface area contributed by atoms with Gasteiger partial charge in [-0.2, -0.15) is 0 Å². The third-order valence-corrected chi connectivity index (χ3v) is 0.908. The van der Waals surface area contributed by atoms with Crippen molar-refractivity contribution in [3.8, 4) is 5.75 Å². The van der Waals surface area contributed by atoms with E-state index in [0.717, 1.165) is 6.20 Å². The molecule has 0 saturated carbocycles. The zero-order chi connectivity index (χ0) is 8.85. The molecule has 0 radical (unpaired) electrons. The van der Waals surface area contributed by atoms with E-state index in [4.69, 9.17) is 5.11 Å². The predicted molar refractivity (Wildman–Crippen MR) is 42.6 cm³/mol. The van der Waals surface area contributed by atoms with Crippen molar-refractivity contribution in [2.75, 3.05) is 0 Å². The molecule has 0 bridgehead atoms. The lowest BCUT2D eigenvalue weighted by atomic mass is 10.5. The number of hydrogen-bond donors (Lipinski definition) is 2. The lowest BCUT2D eigenvalue weighted by Gasteiger charge is -1.89. The van der Waals surface area contributed by atoms with Gasteiger partial charge in [0.2, 0.25) is 0 Å². The number of aromatic amines is 1. The topological polar surface area (TPSA) is 66.0 Å². The molecular formula is C7H12N2O2. The first-order valence-electron chi connectivity index (χ1n) is 3.45. The van der Waals surface area contributed by atoms with Crippen LogP contribution in [0.5, 0.6) is 5.75 Å². The maximum Gasteiger partial charge on any atom is 0.293 e. The quantitative estimate of drug-likeness (QED) is 0.584. The van der Waals surface area contributed by atoms with Gasteiger partial charge in [0.05, 0.1) is 6.20 Å². The van der Waals surface area contributed by atoms with Gasteiger partial charge in [-0.15, -0.1) is 0 Å². The van der Waals surface area contributed by atoms with Crippen LogP contribution >= 0.6 is 0 Å². The van der Waals surface area contributed by atoms with E-state index in [9.17, 15) is 4.79 Å². The van der Waals surface area contributed by atoms with Gasteiger partial charge < -0.3 is 10.1 Å². The van der Waals surface area contributed by atoms with Crippen LogP contribution in [0, 0.1) is 6.92 Å². The van der Waals surface area contributed by atoms with Crippen LogP contribution in [0.15, 0.2) is 11.0 Å². The van der Waals surface area contributed by atoms with Crippen molar-refractivity contribution in [2.45, 2.75) is 20.8 Å². The standard InChI is InChI=1S/C5H6N2O2.C2H6/c1-3-6-2-4(8)5(9)7-3;1-2/h2,8H,1H3,(H,6,7,9);1-2H3. The van der Waals surface area contributed by atoms with Gasteiger partial charge in [0.25, 0.3) is 5.56 Å². The number of nitrogens with one attached hydrogen (secondary N) is 1. The lowest BCUT2D eigenvalue weighted by Crippen LogP contribution is -2.07. The Bertz CT molecular complexity index is 267. The number of H-pyrrole nitrogens is 1. The lowest BCUT2D eigenvalue weighted by molar-refractivity contribution is 0.462. The van der Waals surface area contributed by atoms with Crippen molar-refractivity contribution in [3.05, 3.63) is 22.4 Å². The minimum atomic E-state index is -0.498. The molecule has 0 amide bonds. The first-order valence-corrected chi connectivity index (χ1v) is 3.45. The number of nitrogens with zero attached hydrogens (tertiary/aromatic N) is 1. The maximum atomic E-state index is 10.5. The van der Waals surface area contributed by atoms with E-state index >= 15 is 0 Å². The van der Waals surface area contributed by atoms with Crippen LogP contribution in [0.25, 0.3) is 0 Å². The highest BCUT2D eigenvalue weighted by Gasteiger charge is 1.93. The molecule has 1 rings (SSSR count). The van der Waals surface area contributed by atoms with E-state index in [1.54, 1.807) is 6.92 Å². The van der Waals surface area contributed by atoms with E-state index in [1.807, 2.05) is 13.8 Å². The Morgan fingerprint density at radius 2 is 2.09 bits per heavy atom. The van der Waals surface area contributed by atoms with Crippen molar-refractivity contribution in [1.82, 2.24) is 9.97 Å². The molecule has 0 saturated heterocycles. The molecule has 0 aliphatic heterocycles. The molecule has 1 aromatic heterocycles. The highest BCUT2D eigenvalue weighted by atomic mass is 16.3. The fraction of sp³-hybridized carbons (Fsp3) is 0.429. The number of aromatic hydroxyl groups is 1. The van der Waals surface area contributed by atoms with Gasteiger partial charge in [-0.1, -0.05) is 13.8 Å². The van der Waals surface area contributed by atoms with E-state index in [1.165, 1.54) is 0 Å². The third-order valence-electron chi connectivity index (χ3n) is 0.908. The van der Waals surface area contributed by atoms with Crippen LogP contribution in [0.1, 0.15) is 19.7 Å². The van der Waals surface area contributed by atoms with Crippen LogP contribution in [0.2, 0.25) is 0 Å². The highest BCUT2D eigenvalue weighted by Crippen LogP contribution is 1.92. The molecule has 0 unspecified atom stereocenters. The molecule has 0 fully saturated rings. The Morgan fingerprint density at radius 3 is 2.45 bits per heavy atom. The molecule has 11 heavy (non-hydrogen) atoms. The highest BCUT2D eigenvalue weighted by molar-refractivity contribution is 5.09. The Morgan fingerprint density at radius 1 is 1.55 bits per heavy atom. The van der Waals surface area contributed by atoms with Crippen molar-refractivity contribution in [1.29, 1.82) is 0 Å². The first kappa shape index (κ1) is 9.68. The SMILES string of the molecule is CC.Cc1ncc(O)c(=O)[nH]1. The van der Waals surface area contributed by atoms with E-state index in [2.05, 4.69) is 9.97 Å². The van der Waals surface area contributed by atoms with Crippen molar-refractivity contribution in [3.63, 3.8) is 0 Å². The van der Waals surface area contributed by atoms with Gasteiger partial charge in [-0.3, -0.25) is 4.79 Å². The van der Waals surface area contributed by atoms with Crippen molar-refractivity contribution < 1.29 is 5.11 Å². The van der Waals surface area contributed by atoms with Gasteiger partial charge in [0.15, 0.2) is 5.75 Å². The normalized spacial score (nSPS) is 8.27. The summed E-state index contributed by atoms with van der Waals surface area (Å²) in [5.74, 6) is 0.151. The zero-order valence-corrected chi connectivity index (χ0v) is 6.88. The minimum absolute atomic E-state index is 0.347. The summed E-state index contributed by atoms with van der Waals surface area (Å²) < 4.78 is 0. The van der Waals surface area contributed by atoms with Crippen LogP contribution in [-0.2, 0) is 0 Å². The van der Waals surface area contributed by atoms with Crippen LogP contribution in [-0.4, -0.2) is 15.1 Å². The molecule has 0 aliphatic rings. The number of hydrogen-bond acceptors (Lipinski definition) is 3. The first-order chi connectivity index (χ1) is 5.20. The van der Waals surface area contributed by atoms with Crippen molar-refractivity contribution >= 4 is 0 Å². The number of rotatable bonds is 0. The van der Waals surface area contributed by atoms with Crippen LogP contribution in [0.3, 0.4) is 0 Å². The summed E-state index contributed by atoms with van der Waals surface area (Å²) in [6, 6.07) is 0. The molecule has 0 aliphatic carbocycles. The van der Waals surface area contributed by atoms with Crippen LogP contribution < -0.4 is 5.56 Å². The average molecular weight is 156 g/mol. The fourth-order valence-electron chi connectivity index (χ4n) is 0.477. The molecular weight excluding hydrogens is 144 g/mol. The summed E-state index contributed by atoms with van der Waals surface area (Å²) in [5, 5.41) is 8.64. The third kappa shape index (κ3) is 2.84. The van der Waals surface area contributed by atoms with Gasteiger partial charge in [-0.25, -0.2) is 4.98 Å². The summed E-state index contributed by atoms with van der Waals surface area (Å²) >= 11 is 0. The molecule has 1 aromatic rings. The molecule has 0 aromatic carbocycles. The minimum Gasteiger partial charge on any atom is -0.502 e. The van der Waals surface area contributed by atoms with Crippen LogP contribution in [0.4, 0.5) is 0 Å². The summed E-state index contributed by atoms with van der Waals surface area (Å²) in [4.78, 5) is 16.4. The summed E-state index contributed by atoms with van der Waals surface area (Å²) in [5.41, 5.74) is -0.498. The van der Waals surface area contributed by atoms with Crippen molar-refractivity contribution in [2.24, 2.45) is 0 Å². The van der Waals surface area contributed by atoms with Gasteiger partial charge in [0.1, 0.15) is 5.82 Å². The number of aryl methyl sites for hydroxylation is 1. The fourth-order valence-corrected chi connectivity index (χ4v) is 0.477. The summed E-state index contributed by atoms with van der Waals surface area (Å²) in [6.07, 6.45) is 1.12. The zero-order valence-electron chi connectivity index (χ0n) is 6.88. The molecule has 2 N–H and O–H groups in total. The van der Waals surface area contributed by atoms with Gasteiger partial charge in [-0.05, 0) is 6.92 Å². The van der Waals surface area contributed by atoms with E-state index in [-0.39, 0.29) is 5.75 Å². The number of aromatic nitrogens is 2.